The molecule has 2 aromatic carbocycles. The quantitative estimate of drug-likeness (QED) is 0.713. The molecule has 0 bridgehead atoms. The summed E-state index contributed by atoms with van der Waals surface area (Å²) in [7, 11) is 3.10. The first-order chi connectivity index (χ1) is 12.1. The molecule has 2 aromatic rings. The summed E-state index contributed by atoms with van der Waals surface area (Å²) in [6, 6.07) is 12.5. The SMILES string of the molecule is COc1ccc(NC2NC(=O)/C(=C/c3ccc(OC)c(O)c3)S2)cc1. The summed E-state index contributed by atoms with van der Waals surface area (Å²) in [5, 5.41) is 15.9. The van der Waals surface area contributed by atoms with Gasteiger partial charge in [-0.25, -0.2) is 0 Å². The van der Waals surface area contributed by atoms with Gasteiger partial charge in [-0.2, -0.15) is 0 Å². The first-order valence-electron chi connectivity index (χ1n) is 7.56. The van der Waals surface area contributed by atoms with Gasteiger partial charge in [0.2, 0.25) is 0 Å². The second-order valence-corrected chi connectivity index (χ2v) is 6.43. The predicted molar refractivity (Wildman–Crippen MR) is 98.8 cm³/mol. The number of carbonyl (C=O) groups is 1. The van der Waals surface area contributed by atoms with Crippen molar-refractivity contribution in [2.75, 3.05) is 19.5 Å². The van der Waals surface area contributed by atoms with Gasteiger partial charge in [0.15, 0.2) is 17.0 Å². The van der Waals surface area contributed by atoms with Gasteiger partial charge in [0.05, 0.1) is 19.1 Å². The zero-order valence-corrected chi connectivity index (χ0v) is 14.6. The summed E-state index contributed by atoms with van der Waals surface area (Å²) < 4.78 is 10.1. The van der Waals surface area contributed by atoms with Gasteiger partial charge in [0.1, 0.15) is 5.75 Å². The summed E-state index contributed by atoms with van der Waals surface area (Å²) in [4.78, 5) is 12.7. The molecule has 1 amide bonds. The number of methoxy groups -OCH3 is 2. The molecular weight excluding hydrogens is 340 g/mol. The van der Waals surface area contributed by atoms with E-state index in [4.69, 9.17) is 9.47 Å². The summed E-state index contributed by atoms with van der Waals surface area (Å²) in [6.07, 6.45) is 1.73. The Kier molecular flexibility index (Phi) is 5.04. The Morgan fingerprint density at radius 3 is 2.56 bits per heavy atom. The molecule has 130 valence electrons. The van der Waals surface area contributed by atoms with Crippen LogP contribution >= 0.6 is 11.8 Å². The first-order valence-corrected chi connectivity index (χ1v) is 8.44. The topological polar surface area (TPSA) is 79.8 Å². The second-order valence-electron chi connectivity index (χ2n) is 5.28. The Morgan fingerprint density at radius 2 is 1.92 bits per heavy atom. The number of thioether (sulfide) groups is 1. The highest BCUT2D eigenvalue weighted by molar-refractivity contribution is 8.05. The van der Waals surface area contributed by atoms with E-state index >= 15 is 0 Å². The van der Waals surface area contributed by atoms with Crippen molar-refractivity contribution >= 4 is 29.4 Å². The number of benzene rings is 2. The fourth-order valence-electron chi connectivity index (χ4n) is 2.35. The van der Waals surface area contributed by atoms with E-state index in [2.05, 4.69) is 10.6 Å². The highest BCUT2D eigenvalue weighted by Gasteiger charge is 2.27. The molecule has 7 heteroatoms. The molecule has 0 aromatic heterocycles. The zero-order chi connectivity index (χ0) is 17.8. The Hall–Kier alpha value is -2.80. The fourth-order valence-corrected chi connectivity index (χ4v) is 3.34. The largest absolute Gasteiger partial charge is 0.504 e. The minimum atomic E-state index is -0.265. The monoisotopic (exact) mass is 358 g/mol. The summed E-state index contributed by atoms with van der Waals surface area (Å²) in [6.45, 7) is 0. The van der Waals surface area contributed by atoms with E-state index in [1.807, 2.05) is 24.3 Å². The standard InChI is InChI=1S/C18H18N2O4S/c1-23-13-6-4-12(5-7-13)19-18-20-17(22)16(25-18)10-11-3-8-15(24-2)14(21)9-11/h3-10,18-19,21H,1-2H3,(H,20,22)/b16-10-. The van der Waals surface area contributed by atoms with Gasteiger partial charge in [-0.1, -0.05) is 17.8 Å². The number of rotatable bonds is 5. The van der Waals surface area contributed by atoms with Gasteiger partial charge < -0.3 is 25.2 Å². The van der Waals surface area contributed by atoms with E-state index in [1.54, 1.807) is 31.4 Å². The van der Waals surface area contributed by atoms with Crippen LogP contribution in [0.4, 0.5) is 5.69 Å². The zero-order valence-electron chi connectivity index (χ0n) is 13.8. The second kappa shape index (κ2) is 7.40. The number of phenolic OH excluding ortho intramolecular Hbond substituents is 1. The molecule has 1 heterocycles. The number of aromatic hydroxyl groups is 1. The van der Waals surface area contributed by atoms with Crippen LogP contribution in [0.1, 0.15) is 5.56 Å². The van der Waals surface area contributed by atoms with Crippen molar-refractivity contribution in [1.82, 2.24) is 5.32 Å². The molecule has 3 N–H and O–H groups in total. The molecule has 0 saturated carbocycles. The van der Waals surface area contributed by atoms with Crippen molar-refractivity contribution in [3.05, 3.63) is 52.9 Å². The van der Waals surface area contributed by atoms with Crippen LogP contribution in [0.25, 0.3) is 6.08 Å². The van der Waals surface area contributed by atoms with Gasteiger partial charge in [0.25, 0.3) is 5.91 Å². The minimum absolute atomic E-state index is 0.0353. The van der Waals surface area contributed by atoms with Gasteiger partial charge >= 0.3 is 0 Å². The van der Waals surface area contributed by atoms with E-state index in [9.17, 15) is 9.90 Å². The van der Waals surface area contributed by atoms with Crippen LogP contribution in [0.5, 0.6) is 17.2 Å². The molecule has 1 unspecified atom stereocenters. The number of nitrogens with one attached hydrogen (secondary N) is 2. The lowest BCUT2D eigenvalue weighted by Gasteiger charge is -2.12. The number of phenols is 1. The lowest BCUT2D eigenvalue weighted by Crippen LogP contribution is -2.30. The summed E-state index contributed by atoms with van der Waals surface area (Å²) in [5.74, 6) is 1.04. The Labute approximate surface area is 149 Å². The number of hydrogen-bond donors (Lipinski definition) is 3. The fraction of sp³-hybridized carbons (Fsp3) is 0.167. The summed E-state index contributed by atoms with van der Waals surface area (Å²) in [5.41, 5.74) is 1.34. The van der Waals surface area contributed by atoms with E-state index in [-0.39, 0.29) is 17.2 Å². The average Bonchev–Trinajstić information content (AvgIpc) is 2.95. The Morgan fingerprint density at radius 1 is 1.16 bits per heavy atom. The molecule has 1 aliphatic rings. The van der Waals surface area contributed by atoms with Crippen LogP contribution in [0.3, 0.4) is 0 Å². The normalized spacial score (nSPS) is 18.1. The molecule has 0 radical (unpaired) electrons. The van der Waals surface area contributed by atoms with Crippen molar-refractivity contribution < 1.29 is 19.4 Å². The molecule has 1 atom stereocenters. The smallest absolute Gasteiger partial charge is 0.260 e. The van der Waals surface area contributed by atoms with E-state index in [0.717, 1.165) is 17.0 Å². The number of ether oxygens (including phenoxy) is 2. The van der Waals surface area contributed by atoms with Crippen molar-refractivity contribution in [3.63, 3.8) is 0 Å². The van der Waals surface area contributed by atoms with Crippen molar-refractivity contribution in [2.24, 2.45) is 0 Å². The molecule has 0 aliphatic carbocycles. The molecule has 6 nitrogen and oxygen atoms in total. The van der Waals surface area contributed by atoms with Crippen LogP contribution in [-0.4, -0.2) is 30.7 Å². The van der Waals surface area contributed by atoms with E-state index < -0.39 is 0 Å². The minimum Gasteiger partial charge on any atom is -0.504 e. The number of hydrogen-bond acceptors (Lipinski definition) is 6. The van der Waals surface area contributed by atoms with Crippen LogP contribution in [-0.2, 0) is 4.79 Å². The van der Waals surface area contributed by atoms with Gasteiger partial charge in [-0.3, -0.25) is 4.79 Å². The Balaban J connectivity index is 1.70. The van der Waals surface area contributed by atoms with Crippen LogP contribution in [0, 0.1) is 0 Å². The third-order valence-corrected chi connectivity index (χ3v) is 4.65. The van der Waals surface area contributed by atoms with Crippen molar-refractivity contribution in [2.45, 2.75) is 5.50 Å². The molecular formula is C18H18N2O4S. The molecule has 1 saturated heterocycles. The van der Waals surface area contributed by atoms with Crippen molar-refractivity contribution in [3.8, 4) is 17.2 Å². The number of amides is 1. The van der Waals surface area contributed by atoms with Gasteiger partial charge in [-0.15, -0.1) is 0 Å². The maximum atomic E-state index is 12.1. The Bertz CT molecular complexity index is 805. The van der Waals surface area contributed by atoms with Gasteiger partial charge in [-0.05, 0) is 48.0 Å². The lowest BCUT2D eigenvalue weighted by molar-refractivity contribution is -0.116. The maximum absolute atomic E-state index is 12.1. The predicted octanol–water partition coefficient (Wildman–Crippen LogP) is 3.01. The first kappa shape index (κ1) is 17.0. The third-order valence-electron chi connectivity index (χ3n) is 3.62. The van der Waals surface area contributed by atoms with Crippen LogP contribution in [0.2, 0.25) is 0 Å². The third kappa shape index (κ3) is 4.00. The van der Waals surface area contributed by atoms with Crippen molar-refractivity contribution in [1.29, 1.82) is 0 Å². The van der Waals surface area contributed by atoms with Crippen LogP contribution < -0.4 is 20.1 Å². The average molecular weight is 358 g/mol. The number of anilines is 1. The maximum Gasteiger partial charge on any atom is 0.260 e. The van der Waals surface area contributed by atoms with Gasteiger partial charge in [0, 0.05) is 5.69 Å². The van der Waals surface area contributed by atoms with E-state index in [0.29, 0.717) is 10.7 Å². The molecule has 3 rings (SSSR count). The number of carbonyl (C=O) groups excluding carboxylic acids is 1. The molecule has 25 heavy (non-hydrogen) atoms. The van der Waals surface area contributed by atoms with Crippen LogP contribution in [0.15, 0.2) is 47.4 Å². The van der Waals surface area contributed by atoms with E-state index in [1.165, 1.54) is 18.9 Å². The molecule has 1 fully saturated rings. The highest BCUT2D eigenvalue weighted by Crippen LogP contribution is 2.32. The molecule has 1 aliphatic heterocycles. The lowest BCUT2D eigenvalue weighted by atomic mass is 10.2. The molecule has 0 spiro atoms. The highest BCUT2D eigenvalue weighted by atomic mass is 32.2. The summed E-state index contributed by atoms with van der Waals surface area (Å²) >= 11 is 1.38.